The molecule has 0 aliphatic rings. The van der Waals surface area contributed by atoms with Gasteiger partial charge in [0.2, 0.25) is 0 Å². The molecule has 2 heterocycles. The summed E-state index contributed by atoms with van der Waals surface area (Å²) in [5.41, 5.74) is 3.89. The molecular formula is C19H17Cl2N5O6. The Kier molecular flexibility index (Phi) is 6.42. The SMILES string of the molecule is Cc1c(Oc2c(Cl)cc(-n3nc(OC(N)=O)c(=O)[nH]c3=O)cc2Cl)c[nH]c(=O)c1C(C)C. The standard InChI is InChI=1S/C19H17Cl2N5O6/c1-7(2)13-8(3)12(6-23-15(13)27)31-14-10(20)4-9(5-11(14)21)26-19(30)24-16(28)17(25-26)32-18(22)29/h4-7H,1-3H3,(H2,22,29)(H,23,27)(H,24,28,30). The molecule has 1 aromatic carbocycles. The molecule has 0 saturated carbocycles. The van der Waals surface area contributed by atoms with Gasteiger partial charge in [-0.25, -0.2) is 9.59 Å². The van der Waals surface area contributed by atoms with Gasteiger partial charge in [-0.15, -0.1) is 5.10 Å². The lowest BCUT2D eigenvalue weighted by atomic mass is 10.00. The van der Waals surface area contributed by atoms with Crippen LogP contribution >= 0.6 is 23.2 Å². The summed E-state index contributed by atoms with van der Waals surface area (Å²) in [6, 6.07) is 2.60. The van der Waals surface area contributed by atoms with Crippen LogP contribution in [0, 0.1) is 6.92 Å². The average molecular weight is 482 g/mol. The number of nitrogens with two attached hydrogens (primary N) is 1. The van der Waals surface area contributed by atoms with Crippen molar-refractivity contribution >= 4 is 29.3 Å². The molecule has 3 aromatic rings. The third kappa shape index (κ3) is 4.53. The topological polar surface area (TPSA) is 162 Å². The van der Waals surface area contributed by atoms with Crippen molar-refractivity contribution in [3.8, 4) is 23.1 Å². The van der Waals surface area contributed by atoms with Gasteiger partial charge in [0.1, 0.15) is 5.75 Å². The highest BCUT2D eigenvalue weighted by Gasteiger charge is 2.19. The summed E-state index contributed by atoms with van der Waals surface area (Å²) in [6.45, 7) is 5.49. The Morgan fingerprint density at radius 3 is 2.34 bits per heavy atom. The van der Waals surface area contributed by atoms with Gasteiger partial charge in [-0.2, -0.15) is 4.68 Å². The molecule has 1 amide bonds. The predicted octanol–water partition coefficient (Wildman–Crippen LogP) is 2.60. The van der Waals surface area contributed by atoms with E-state index in [0.29, 0.717) is 21.6 Å². The largest absolute Gasteiger partial charge is 0.452 e. The van der Waals surface area contributed by atoms with Gasteiger partial charge in [-0.3, -0.25) is 14.6 Å². The van der Waals surface area contributed by atoms with Crippen LogP contribution in [-0.4, -0.2) is 25.8 Å². The molecule has 32 heavy (non-hydrogen) atoms. The summed E-state index contributed by atoms with van der Waals surface area (Å²) in [5.74, 6) is -0.394. The highest BCUT2D eigenvalue weighted by molar-refractivity contribution is 6.37. The molecule has 0 fully saturated rings. The number of nitrogens with zero attached hydrogens (tertiary/aromatic N) is 2. The Hall–Kier alpha value is -3.57. The van der Waals surface area contributed by atoms with Gasteiger partial charge < -0.3 is 20.2 Å². The van der Waals surface area contributed by atoms with Crippen LogP contribution in [0.25, 0.3) is 5.69 Å². The second-order valence-corrected chi connectivity index (χ2v) is 7.73. The first kappa shape index (κ1) is 23.1. The summed E-state index contributed by atoms with van der Waals surface area (Å²) in [6.07, 6.45) is 0.107. The molecule has 0 atom stereocenters. The Labute approximate surface area is 189 Å². The minimum absolute atomic E-state index is 0.00136. The number of amides is 1. The van der Waals surface area contributed by atoms with Gasteiger partial charge >= 0.3 is 23.2 Å². The summed E-state index contributed by atoms with van der Waals surface area (Å²) in [7, 11) is 0. The maximum absolute atomic E-state index is 12.2. The number of rotatable bonds is 5. The van der Waals surface area contributed by atoms with E-state index in [9.17, 15) is 19.2 Å². The zero-order chi connectivity index (χ0) is 23.7. The van der Waals surface area contributed by atoms with Crippen LogP contribution in [0.3, 0.4) is 0 Å². The number of hydrogen-bond acceptors (Lipinski definition) is 7. The van der Waals surface area contributed by atoms with E-state index in [1.807, 2.05) is 18.8 Å². The number of ether oxygens (including phenoxy) is 2. The Balaban J connectivity index is 2.07. The van der Waals surface area contributed by atoms with E-state index in [0.717, 1.165) is 0 Å². The van der Waals surface area contributed by atoms with Crippen LogP contribution < -0.4 is 32.0 Å². The molecule has 0 saturated heterocycles. The normalized spacial score (nSPS) is 10.9. The zero-order valence-corrected chi connectivity index (χ0v) is 18.5. The minimum Gasteiger partial charge on any atom is -0.452 e. The molecule has 0 unspecified atom stereocenters. The van der Waals surface area contributed by atoms with Gasteiger partial charge in [0.05, 0.1) is 15.7 Å². The van der Waals surface area contributed by atoms with Crippen molar-refractivity contribution in [2.24, 2.45) is 5.73 Å². The van der Waals surface area contributed by atoms with Crippen molar-refractivity contribution in [1.29, 1.82) is 0 Å². The molecule has 11 nitrogen and oxygen atoms in total. The molecule has 3 rings (SSSR count). The first-order valence-electron chi connectivity index (χ1n) is 9.10. The van der Waals surface area contributed by atoms with Crippen LogP contribution in [0.2, 0.25) is 10.0 Å². The Morgan fingerprint density at radius 2 is 1.78 bits per heavy atom. The molecule has 0 spiro atoms. The van der Waals surface area contributed by atoms with Crippen molar-refractivity contribution in [2.75, 3.05) is 0 Å². The van der Waals surface area contributed by atoms with Crippen LogP contribution in [0.15, 0.2) is 32.7 Å². The third-order valence-electron chi connectivity index (χ3n) is 4.36. The fourth-order valence-corrected chi connectivity index (χ4v) is 3.57. The van der Waals surface area contributed by atoms with Crippen molar-refractivity contribution in [3.05, 3.63) is 70.7 Å². The number of aromatic amines is 2. The first-order chi connectivity index (χ1) is 15.0. The van der Waals surface area contributed by atoms with E-state index >= 15 is 0 Å². The number of pyridine rings is 1. The van der Waals surface area contributed by atoms with Crippen LogP contribution in [0.1, 0.15) is 30.9 Å². The lowest BCUT2D eigenvalue weighted by Crippen LogP contribution is -2.34. The lowest BCUT2D eigenvalue weighted by Gasteiger charge is -2.16. The molecule has 2 aromatic heterocycles. The number of primary amides is 1. The van der Waals surface area contributed by atoms with Gasteiger partial charge in [0.25, 0.3) is 5.56 Å². The molecular weight excluding hydrogens is 465 g/mol. The van der Waals surface area contributed by atoms with Gasteiger partial charge in [-0.05, 0) is 25.0 Å². The maximum Gasteiger partial charge on any atom is 0.411 e. The van der Waals surface area contributed by atoms with E-state index < -0.39 is 23.2 Å². The van der Waals surface area contributed by atoms with E-state index in [1.165, 1.54) is 18.3 Å². The van der Waals surface area contributed by atoms with Gasteiger partial charge in [0.15, 0.2) is 5.75 Å². The fraction of sp³-hybridized carbons (Fsp3) is 0.211. The number of hydrogen-bond donors (Lipinski definition) is 3. The van der Waals surface area contributed by atoms with Crippen LogP contribution in [0.4, 0.5) is 4.79 Å². The second-order valence-electron chi connectivity index (χ2n) is 6.91. The van der Waals surface area contributed by atoms with Gasteiger partial charge in [-0.1, -0.05) is 37.0 Å². The number of benzene rings is 1. The molecule has 0 aliphatic heterocycles. The Morgan fingerprint density at radius 1 is 1.16 bits per heavy atom. The summed E-state index contributed by atoms with van der Waals surface area (Å²) < 4.78 is 11.0. The van der Waals surface area contributed by atoms with Crippen molar-refractivity contribution in [3.63, 3.8) is 0 Å². The molecule has 4 N–H and O–H groups in total. The van der Waals surface area contributed by atoms with Crippen molar-refractivity contribution in [2.45, 2.75) is 26.7 Å². The number of halogens is 2. The highest BCUT2D eigenvalue weighted by atomic mass is 35.5. The minimum atomic E-state index is -1.29. The van der Waals surface area contributed by atoms with Crippen molar-refractivity contribution in [1.82, 2.24) is 19.7 Å². The average Bonchev–Trinajstić information content (AvgIpc) is 2.67. The van der Waals surface area contributed by atoms with Crippen LogP contribution in [0.5, 0.6) is 17.4 Å². The maximum atomic E-state index is 12.2. The number of carbonyl (C=O) groups excluding carboxylic acids is 1. The zero-order valence-electron chi connectivity index (χ0n) is 17.0. The second kappa shape index (κ2) is 8.89. The van der Waals surface area contributed by atoms with Gasteiger partial charge in [0, 0.05) is 17.3 Å². The number of H-pyrrole nitrogens is 2. The van der Waals surface area contributed by atoms with E-state index in [4.69, 9.17) is 33.7 Å². The number of aromatic nitrogens is 4. The predicted molar refractivity (Wildman–Crippen MR) is 117 cm³/mol. The van der Waals surface area contributed by atoms with Crippen molar-refractivity contribution < 1.29 is 14.3 Å². The molecule has 168 valence electrons. The summed E-state index contributed by atoms with van der Waals surface area (Å²) in [4.78, 5) is 51.5. The number of nitrogens with one attached hydrogen (secondary N) is 2. The van der Waals surface area contributed by atoms with E-state index in [-0.39, 0.29) is 33.0 Å². The number of carbonyl (C=O) groups is 1. The highest BCUT2D eigenvalue weighted by Crippen LogP contribution is 2.39. The van der Waals surface area contributed by atoms with Crippen LogP contribution in [-0.2, 0) is 0 Å². The lowest BCUT2D eigenvalue weighted by molar-refractivity contribution is 0.207. The smallest absolute Gasteiger partial charge is 0.411 e. The van der Waals surface area contributed by atoms with E-state index in [1.54, 1.807) is 6.92 Å². The summed E-state index contributed by atoms with van der Waals surface area (Å²) in [5, 5.41) is 3.68. The monoisotopic (exact) mass is 481 g/mol. The molecule has 0 bridgehead atoms. The molecule has 0 radical (unpaired) electrons. The van der Waals surface area contributed by atoms with E-state index in [2.05, 4.69) is 14.8 Å². The third-order valence-corrected chi connectivity index (χ3v) is 4.93. The summed E-state index contributed by atoms with van der Waals surface area (Å²) >= 11 is 12.7. The first-order valence-corrected chi connectivity index (χ1v) is 9.85. The quantitative estimate of drug-likeness (QED) is 0.503. The fourth-order valence-electron chi connectivity index (χ4n) is 3.02. The molecule has 13 heteroatoms. The Bertz CT molecular complexity index is 1370. The molecule has 0 aliphatic carbocycles.